The van der Waals surface area contributed by atoms with E-state index in [1.54, 1.807) is 6.92 Å². The molecule has 1 rings (SSSR count). The normalized spacial score (nSPS) is 23.1. The van der Waals surface area contributed by atoms with Crippen molar-refractivity contribution in [3.8, 4) is 0 Å². The first-order valence-electron chi connectivity index (χ1n) is 5.98. The van der Waals surface area contributed by atoms with Crippen LogP contribution in [0.25, 0.3) is 0 Å². The summed E-state index contributed by atoms with van der Waals surface area (Å²) in [6.07, 6.45) is 1.08. The molecule has 1 fully saturated rings. The smallest absolute Gasteiger partial charge is 0.253 e. The van der Waals surface area contributed by atoms with Crippen LogP contribution in [0.15, 0.2) is 12.2 Å². The molecule has 0 spiro atoms. The summed E-state index contributed by atoms with van der Waals surface area (Å²) in [6.45, 7) is 8.39. The number of amides is 1. The van der Waals surface area contributed by atoms with Crippen LogP contribution in [-0.4, -0.2) is 53.6 Å². The lowest BCUT2D eigenvalue weighted by molar-refractivity contribution is -0.127. The van der Waals surface area contributed by atoms with Crippen molar-refractivity contribution < 1.29 is 9.90 Å². The zero-order chi connectivity index (χ0) is 12.8. The Balaban J connectivity index is 2.19. The van der Waals surface area contributed by atoms with Gasteiger partial charge in [-0.05, 0) is 31.9 Å². The van der Waals surface area contributed by atoms with Crippen LogP contribution in [-0.2, 0) is 4.79 Å². The molecule has 17 heavy (non-hydrogen) atoms. The first kappa shape index (κ1) is 14.5. The highest BCUT2D eigenvalue weighted by Gasteiger charge is 2.18. The molecular weight excluding hydrogens is 240 g/mol. The lowest BCUT2D eigenvalue weighted by Gasteiger charge is -2.29. The van der Waals surface area contributed by atoms with Gasteiger partial charge in [-0.25, -0.2) is 0 Å². The number of piperidine rings is 1. The summed E-state index contributed by atoms with van der Waals surface area (Å²) in [6, 6.07) is 0. The quantitative estimate of drug-likeness (QED) is 0.566. The Hall–Kier alpha value is -0.580. The molecule has 4 nitrogen and oxygen atoms in total. The number of halogens is 1. The second-order valence-electron chi connectivity index (χ2n) is 4.58. The molecule has 1 aliphatic heterocycles. The summed E-state index contributed by atoms with van der Waals surface area (Å²) in [5.41, 5.74) is 0.460. The number of hydrogen-bond donors (Lipinski definition) is 2. The summed E-state index contributed by atoms with van der Waals surface area (Å²) >= 11 is 6.06. The van der Waals surface area contributed by atoms with Crippen LogP contribution in [0, 0.1) is 0 Å². The molecular formula is C12H21ClN2O2. The van der Waals surface area contributed by atoms with Crippen LogP contribution in [0.2, 0.25) is 0 Å². The van der Waals surface area contributed by atoms with Crippen molar-refractivity contribution in [3.63, 3.8) is 0 Å². The van der Waals surface area contributed by atoms with Crippen molar-refractivity contribution in [3.05, 3.63) is 12.2 Å². The number of rotatable bonds is 5. The highest BCUT2D eigenvalue weighted by molar-refractivity contribution is 6.20. The maximum atomic E-state index is 11.4. The monoisotopic (exact) mass is 260 g/mol. The van der Waals surface area contributed by atoms with E-state index in [2.05, 4.69) is 16.8 Å². The lowest BCUT2D eigenvalue weighted by Crippen LogP contribution is -2.43. The molecule has 2 N–H and O–H groups in total. The summed E-state index contributed by atoms with van der Waals surface area (Å²) in [5, 5.41) is 12.3. The Bertz CT molecular complexity index is 284. The number of aliphatic hydroxyl groups excluding tert-OH is 1. The van der Waals surface area contributed by atoms with E-state index in [0.717, 1.165) is 32.5 Å². The molecule has 98 valence electrons. The maximum Gasteiger partial charge on any atom is 0.253 e. The second-order valence-corrected chi connectivity index (χ2v) is 5.20. The fourth-order valence-corrected chi connectivity index (χ4v) is 2.21. The number of carbonyl (C=O) groups is 1. The minimum atomic E-state index is -1.10. The molecule has 0 radical (unpaired) electrons. The van der Waals surface area contributed by atoms with Crippen molar-refractivity contribution in [1.82, 2.24) is 10.2 Å². The predicted octanol–water partition coefficient (Wildman–Crippen LogP) is 0.743. The van der Waals surface area contributed by atoms with E-state index < -0.39 is 6.10 Å². The average Bonchev–Trinajstić information content (AvgIpc) is 2.27. The molecule has 0 aromatic carbocycles. The van der Waals surface area contributed by atoms with Gasteiger partial charge in [-0.2, -0.15) is 0 Å². The van der Waals surface area contributed by atoms with Crippen LogP contribution in [0.3, 0.4) is 0 Å². The zero-order valence-corrected chi connectivity index (χ0v) is 11.0. The van der Waals surface area contributed by atoms with Crippen molar-refractivity contribution in [1.29, 1.82) is 0 Å². The van der Waals surface area contributed by atoms with Gasteiger partial charge in [0.05, 0.1) is 0 Å². The molecule has 0 aromatic heterocycles. The third kappa shape index (κ3) is 5.06. The third-order valence-corrected chi connectivity index (χ3v) is 3.25. The van der Waals surface area contributed by atoms with Crippen molar-refractivity contribution >= 4 is 17.5 Å². The average molecular weight is 261 g/mol. The van der Waals surface area contributed by atoms with Gasteiger partial charge < -0.3 is 15.3 Å². The van der Waals surface area contributed by atoms with Crippen LogP contribution < -0.4 is 5.32 Å². The highest BCUT2D eigenvalue weighted by Crippen LogP contribution is 2.14. The van der Waals surface area contributed by atoms with E-state index in [-0.39, 0.29) is 11.3 Å². The van der Waals surface area contributed by atoms with Crippen molar-refractivity contribution in [2.75, 3.05) is 26.2 Å². The Labute approximate surface area is 108 Å². The molecule has 1 heterocycles. The summed E-state index contributed by atoms with van der Waals surface area (Å²) < 4.78 is 0. The van der Waals surface area contributed by atoms with Crippen LogP contribution in [0.1, 0.15) is 19.8 Å². The second kappa shape index (κ2) is 6.99. The molecule has 1 unspecified atom stereocenters. The summed E-state index contributed by atoms with van der Waals surface area (Å²) in [4.78, 5) is 13.7. The zero-order valence-electron chi connectivity index (χ0n) is 10.3. The van der Waals surface area contributed by atoms with Gasteiger partial charge in [0, 0.05) is 25.0 Å². The topological polar surface area (TPSA) is 52.6 Å². The number of alkyl halides is 1. The maximum absolute atomic E-state index is 11.4. The van der Waals surface area contributed by atoms with Gasteiger partial charge in [0.1, 0.15) is 0 Å². The Morgan fingerprint density at radius 2 is 2.41 bits per heavy atom. The molecule has 0 aromatic rings. The Morgan fingerprint density at radius 1 is 1.71 bits per heavy atom. The number of likely N-dealkylation sites (tertiary alicyclic amines) is 1. The molecule has 1 amide bonds. The summed E-state index contributed by atoms with van der Waals surface area (Å²) in [7, 11) is 0. The van der Waals surface area contributed by atoms with E-state index in [0.29, 0.717) is 12.1 Å². The third-order valence-electron chi connectivity index (χ3n) is 2.89. The van der Waals surface area contributed by atoms with Gasteiger partial charge in [0.2, 0.25) is 0 Å². The molecule has 2 atom stereocenters. The SMILES string of the molecule is C=C(C)[C@H](O)C(=O)NCCN1CCCC(Cl)C1. The number of hydrogen-bond acceptors (Lipinski definition) is 3. The number of aliphatic hydroxyl groups is 1. The largest absolute Gasteiger partial charge is 0.379 e. The fraction of sp³-hybridized carbons (Fsp3) is 0.750. The van der Waals surface area contributed by atoms with Crippen molar-refractivity contribution in [2.24, 2.45) is 0 Å². The Morgan fingerprint density at radius 3 is 3.00 bits per heavy atom. The summed E-state index contributed by atoms with van der Waals surface area (Å²) in [5.74, 6) is -0.378. The number of carbonyl (C=O) groups excluding carboxylic acids is 1. The van der Waals surface area contributed by atoms with E-state index in [1.165, 1.54) is 0 Å². The minimum Gasteiger partial charge on any atom is -0.379 e. The van der Waals surface area contributed by atoms with Gasteiger partial charge in [-0.3, -0.25) is 4.79 Å². The van der Waals surface area contributed by atoms with Gasteiger partial charge in [-0.15, -0.1) is 11.6 Å². The van der Waals surface area contributed by atoms with Crippen LogP contribution in [0.4, 0.5) is 0 Å². The van der Waals surface area contributed by atoms with Gasteiger partial charge in [0.15, 0.2) is 6.10 Å². The first-order valence-corrected chi connectivity index (χ1v) is 6.42. The molecule has 5 heteroatoms. The molecule has 0 aliphatic carbocycles. The minimum absolute atomic E-state index is 0.223. The molecule has 0 saturated carbocycles. The standard InChI is InChI=1S/C12H21ClN2O2/c1-9(2)11(16)12(17)14-5-7-15-6-3-4-10(13)8-15/h10-11,16H,1,3-8H2,2H3,(H,14,17)/t10?,11-/m0/s1. The van der Waals surface area contributed by atoms with Gasteiger partial charge in [-0.1, -0.05) is 6.58 Å². The molecule has 0 bridgehead atoms. The Kier molecular flexibility index (Phi) is 5.95. The first-order chi connectivity index (χ1) is 8.00. The van der Waals surface area contributed by atoms with E-state index in [4.69, 9.17) is 11.6 Å². The molecule has 1 saturated heterocycles. The molecule has 1 aliphatic rings. The van der Waals surface area contributed by atoms with E-state index in [9.17, 15) is 9.90 Å². The van der Waals surface area contributed by atoms with Crippen LogP contribution in [0.5, 0.6) is 0 Å². The van der Waals surface area contributed by atoms with E-state index >= 15 is 0 Å². The highest BCUT2D eigenvalue weighted by atomic mass is 35.5. The number of nitrogens with zero attached hydrogens (tertiary/aromatic N) is 1. The predicted molar refractivity (Wildman–Crippen MR) is 69.1 cm³/mol. The van der Waals surface area contributed by atoms with Crippen molar-refractivity contribution in [2.45, 2.75) is 31.2 Å². The number of nitrogens with one attached hydrogen (secondary N) is 1. The van der Waals surface area contributed by atoms with E-state index in [1.807, 2.05) is 0 Å². The van der Waals surface area contributed by atoms with Crippen LogP contribution >= 0.6 is 11.6 Å². The lowest BCUT2D eigenvalue weighted by atomic mass is 10.1. The van der Waals surface area contributed by atoms with Gasteiger partial charge in [0.25, 0.3) is 5.91 Å². The fourth-order valence-electron chi connectivity index (χ4n) is 1.86. The van der Waals surface area contributed by atoms with Gasteiger partial charge >= 0.3 is 0 Å².